The lowest BCUT2D eigenvalue weighted by molar-refractivity contribution is 0.481. The van der Waals surface area contributed by atoms with Crippen LogP contribution in [-0.4, -0.2) is 6.54 Å². The molecule has 3 heteroatoms. The molecule has 2 nitrogen and oxygen atoms in total. The highest BCUT2D eigenvalue weighted by atomic mass is 79.9. The molecule has 0 saturated heterocycles. The summed E-state index contributed by atoms with van der Waals surface area (Å²) >= 11 is 3.50. The predicted octanol–water partition coefficient (Wildman–Crippen LogP) is 5.36. The molecule has 0 aliphatic carbocycles. The van der Waals surface area contributed by atoms with Crippen LogP contribution in [0, 0.1) is 13.8 Å². The van der Waals surface area contributed by atoms with Gasteiger partial charge in [0.1, 0.15) is 11.5 Å². The average Bonchev–Trinajstić information content (AvgIpc) is 2.45. The summed E-state index contributed by atoms with van der Waals surface area (Å²) in [5.74, 6) is 1.75. The second-order valence-corrected chi connectivity index (χ2v) is 6.13. The van der Waals surface area contributed by atoms with E-state index in [1.165, 1.54) is 16.7 Å². The molecule has 0 aliphatic heterocycles. The highest BCUT2D eigenvalue weighted by Gasteiger charge is 2.03. The van der Waals surface area contributed by atoms with Crippen molar-refractivity contribution in [2.24, 2.45) is 0 Å². The van der Waals surface area contributed by atoms with Crippen LogP contribution in [-0.2, 0) is 6.54 Å². The van der Waals surface area contributed by atoms with Gasteiger partial charge in [0.25, 0.3) is 0 Å². The van der Waals surface area contributed by atoms with Gasteiger partial charge in [-0.25, -0.2) is 0 Å². The van der Waals surface area contributed by atoms with E-state index in [-0.39, 0.29) is 0 Å². The van der Waals surface area contributed by atoms with Gasteiger partial charge in [-0.1, -0.05) is 28.9 Å². The van der Waals surface area contributed by atoms with Crippen molar-refractivity contribution < 1.29 is 4.74 Å². The second kappa shape index (κ2) is 7.62. The summed E-state index contributed by atoms with van der Waals surface area (Å²) < 4.78 is 7.03. The smallest absolute Gasteiger partial charge is 0.127 e. The Balaban J connectivity index is 2.07. The third-order valence-corrected chi connectivity index (χ3v) is 4.31. The van der Waals surface area contributed by atoms with Crippen molar-refractivity contribution in [3.05, 3.63) is 57.6 Å². The first kappa shape index (κ1) is 16.1. The Hall–Kier alpha value is -1.32. The lowest BCUT2D eigenvalue weighted by atomic mass is 10.1. The van der Waals surface area contributed by atoms with Crippen LogP contribution in [0.5, 0.6) is 11.5 Å². The van der Waals surface area contributed by atoms with Crippen molar-refractivity contribution in [1.82, 2.24) is 5.32 Å². The highest BCUT2D eigenvalue weighted by molar-refractivity contribution is 9.10. The van der Waals surface area contributed by atoms with Crippen molar-refractivity contribution in [1.29, 1.82) is 0 Å². The van der Waals surface area contributed by atoms with Gasteiger partial charge in [0, 0.05) is 11.0 Å². The molecule has 0 heterocycles. The summed E-state index contributed by atoms with van der Waals surface area (Å²) in [4.78, 5) is 0. The number of halogens is 1. The molecular formula is C18H22BrNO. The minimum absolute atomic E-state index is 0.868. The number of rotatable bonds is 6. The Kier molecular flexibility index (Phi) is 5.83. The summed E-state index contributed by atoms with van der Waals surface area (Å²) in [5, 5.41) is 3.43. The zero-order valence-electron chi connectivity index (χ0n) is 12.9. The maximum Gasteiger partial charge on any atom is 0.127 e. The van der Waals surface area contributed by atoms with E-state index >= 15 is 0 Å². The quantitative estimate of drug-likeness (QED) is 0.710. The summed E-state index contributed by atoms with van der Waals surface area (Å²) in [7, 11) is 0. The molecule has 1 N–H and O–H groups in total. The molecule has 0 atom stereocenters. The van der Waals surface area contributed by atoms with Crippen LogP contribution < -0.4 is 10.1 Å². The van der Waals surface area contributed by atoms with Gasteiger partial charge in [0.15, 0.2) is 0 Å². The summed E-state index contributed by atoms with van der Waals surface area (Å²) in [5.41, 5.74) is 3.75. The highest BCUT2D eigenvalue weighted by Crippen LogP contribution is 2.27. The van der Waals surface area contributed by atoms with Crippen molar-refractivity contribution in [3.8, 4) is 11.5 Å². The fraction of sp³-hybridized carbons (Fsp3) is 0.333. The number of aryl methyl sites for hydroxylation is 2. The van der Waals surface area contributed by atoms with Gasteiger partial charge in [-0.2, -0.15) is 0 Å². The summed E-state index contributed by atoms with van der Waals surface area (Å²) in [6.07, 6.45) is 1.16. The van der Waals surface area contributed by atoms with Crippen molar-refractivity contribution in [2.45, 2.75) is 33.7 Å². The summed E-state index contributed by atoms with van der Waals surface area (Å²) in [6, 6.07) is 12.3. The van der Waals surface area contributed by atoms with E-state index in [1.54, 1.807) is 0 Å². The molecule has 0 bridgehead atoms. The van der Waals surface area contributed by atoms with Gasteiger partial charge in [-0.05, 0) is 73.8 Å². The van der Waals surface area contributed by atoms with E-state index in [4.69, 9.17) is 4.74 Å². The zero-order chi connectivity index (χ0) is 15.2. The standard InChI is InChI=1S/C18H22BrNO/c1-4-9-20-12-15-5-6-16(10-13(15)2)21-17-7-8-18(19)14(3)11-17/h5-8,10-11,20H,4,9,12H2,1-3H3. The van der Waals surface area contributed by atoms with E-state index < -0.39 is 0 Å². The number of nitrogens with one attached hydrogen (secondary N) is 1. The van der Waals surface area contributed by atoms with Crippen LogP contribution in [0.25, 0.3) is 0 Å². The molecule has 2 aromatic carbocycles. The van der Waals surface area contributed by atoms with Gasteiger partial charge >= 0.3 is 0 Å². The Morgan fingerprint density at radius 1 is 1.00 bits per heavy atom. The van der Waals surface area contributed by atoms with Gasteiger partial charge < -0.3 is 10.1 Å². The first-order valence-electron chi connectivity index (χ1n) is 7.34. The number of ether oxygens (including phenoxy) is 1. The number of hydrogen-bond donors (Lipinski definition) is 1. The van der Waals surface area contributed by atoms with Crippen molar-refractivity contribution in [3.63, 3.8) is 0 Å². The van der Waals surface area contributed by atoms with Crippen molar-refractivity contribution in [2.75, 3.05) is 6.54 Å². The lowest BCUT2D eigenvalue weighted by Crippen LogP contribution is -2.14. The second-order valence-electron chi connectivity index (χ2n) is 5.28. The molecule has 0 aromatic heterocycles. The monoisotopic (exact) mass is 347 g/mol. The largest absolute Gasteiger partial charge is 0.457 e. The minimum atomic E-state index is 0.868. The molecular weight excluding hydrogens is 326 g/mol. The third kappa shape index (κ3) is 4.58. The van der Waals surface area contributed by atoms with E-state index in [0.29, 0.717) is 0 Å². The SMILES string of the molecule is CCCNCc1ccc(Oc2ccc(Br)c(C)c2)cc1C. The Bertz CT molecular complexity index is 610. The van der Waals surface area contributed by atoms with Crippen LogP contribution in [0.15, 0.2) is 40.9 Å². The molecule has 0 radical (unpaired) electrons. The molecule has 0 amide bonds. The molecule has 0 fully saturated rings. The predicted molar refractivity (Wildman–Crippen MR) is 92.1 cm³/mol. The van der Waals surface area contributed by atoms with E-state index in [9.17, 15) is 0 Å². The molecule has 2 rings (SSSR count). The fourth-order valence-corrected chi connectivity index (χ4v) is 2.39. The molecule has 0 spiro atoms. The minimum Gasteiger partial charge on any atom is -0.457 e. The third-order valence-electron chi connectivity index (χ3n) is 3.42. The first-order chi connectivity index (χ1) is 10.1. The lowest BCUT2D eigenvalue weighted by Gasteiger charge is -2.11. The fourth-order valence-electron chi connectivity index (χ4n) is 2.15. The van der Waals surface area contributed by atoms with Crippen LogP contribution >= 0.6 is 15.9 Å². The van der Waals surface area contributed by atoms with Crippen LogP contribution in [0.1, 0.15) is 30.0 Å². The number of benzene rings is 2. The summed E-state index contributed by atoms with van der Waals surface area (Å²) in [6.45, 7) is 8.33. The molecule has 0 aliphatic rings. The van der Waals surface area contributed by atoms with E-state index in [2.05, 4.69) is 54.2 Å². The molecule has 21 heavy (non-hydrogen) atoms. The van der Waals surface area contributed by atoms with Crippen LogP contribution in [0.2, 0.25) is 0 Å². The molecule has 2 aromatic rings. The first-order valence-corrected chi connectivity index (χ1v) is 8.13. The average molecular weight is 348 g/mol. The zero-order valence-corrected chi connectivity index (χ0v) is 14.5. The Morgan fingerprint density at radius 2 is 1.67 bits per heavy atom. The van der Waals surface area contributed by atoms with Crippen LogP contribution in [0.4, 0.5) is 0 Å². The Labute approximate surface area is 135 Å². The Morgan fingerprint density at radius 3 is 2.29 bits per heavy atom. The van der Waals surface area contributed by atoms with Crippen molar-refractivity contribution >= 4 is 15.9 Å². The maximum absolute atomic E-state index is 5.93. The van der Waals surface area contributed by atoms with Gasteiger partial charge in [-0.3, -0.25) is 0 Å². The molecule has 112 valence electrons. The van der Waals surface area contributed by atoms with E-state index in [0.717, 1.165) is 35.5 Å². The molecule has 0 saturated carbocycles. The topological polar surface area (TPSA) is 21.3 Å². The van der Waals surface area contributed by atoms with Gasteiger partial charge in [-0.15, -0.1) is 0 Å². The van der Waals surface area contributed by atoms with E-state index in [1.807, 2.05) is 24.3 Å². The maximum atomic E-state index is 5.93. The normalized spacial score (nSPS) is 10.7. The number of hydrogen-bond acceptors (Lipinski definition) is 2. The van der Waals surface area contributed by atoms with Gasteiger partial charge in [0.05, 0.1) is 0 Å². The van der Waals surface area contributed by atoms with Crippen LogP contribution in [0.3, 0.4) is 0 Å². The van der Waals surface area contributed by atoms with Gasteiger partial charge in [0.2, 0.25) is 0 Å². The molecule has 0 unspecified atom stereocenters.